The number of nitrogens with zero attached hydrogens (tertiary/aromatic N) is 3. The zero-order valence-electron chi connectivity index (χ0n) is 15.2. The maximum atomic E-state index is 13.7. The van der Waals surface area contributed by atoms with E-state index in [1.54, 1.807) is 28.6 Å². The average Bonchev–Trinajstić information content (AvgIpc) is 2.67. The zero-order valence-corrected chi connectivity index (χ0v) is 16.0. The first-order chi connectivity index (χ1) is 13.4. The molecule has 0 spiro atoms. The molecular weight excluding hydrogens is 381 g/mol. The maximum Gasteiger partial charge on any atom is 0.144 e. The van der Waals surface area contributed by atoms with Crippen molar-refractivity contribution in [1.29, 1.82) is 10.5 Å². The van der Waals surface area contributed by atoms with E-state index >= 15 is 0 Å². The third-order valence-corrected chi connectivity index (χ3v) is 6.10. The first-order valence-corrected chi connectivity index (χ1v) is 9.63. The Labute approximate surface area is 165 Å². The fourth-order valence-electron chi connectivity index (χ4n) is 2.99. The molecule has 144 valence electrons. The summed E-state index contributed by atoms with van der Waals surface area (Å²) >= 11 is 0. The van der Waals surface area contributed by atoms with Gasteiger partial charge in [-0.3, -0.25) is 0 Å². The Kier molecular flexibility index (Phi) is 5.76. The summed E-state index contributed by atoms with van der Waals surface area (Å²) in [4.78, 5) is 0.440. The van der Waals surface area contributed by atoms with Gasteiger partial charge in [-0.05, 0) is 36.8 Å². The second kappa shape index (κ2) is 8.07. The Morgan fingerprint density at radius 3 is 2.54 bits per heavy atom. The van der Waals surface area contributed by atoms with Crippen LogP contribution in [0.4, 0.5) is 4.39 Å². The van der Waals surface area contributed by atoms with E-state index in [0.29, 0.717) is 23.5 Å². The zero-order chi connectivity index (χ0) is 20.3. The average molecular weight is 399 g/mol. The fraction of sp³-hybridized carbons (Fsp3) is 0.300. The highest BCUT2D eigenvalue weighted by Gasteiger charge is 2.46. The molecule has 28 heavy (non-hydrogen) atoms. The number of halogens is 1. The van der Waals surface area contributed by atoms with Crippen molar-refractivity contribution in [1.82, 2.24) is 4.31 Å². The lowest BCUT2D eigenvalue weighted by Gasteiger charge is -2.47. The molecule has 1 N–H and O–H groups in total. The number of hydrogen-bond acceptors (Lipinski definition) is 5. The Hall–Kier alpha value is -2.78. The molecule has 0 radical (unpaired) electrons. The molecule has 1 saturated heterocycles. The Balaban J connectivity index is 1.65. The van der Waals surface area contributed by atoms with Crippen molar-refractivity contribution in [3.05, 3.63) is 58.9 Å². The summed E-state index contributed by atoms with van der Waals surface area (Å²) in [5.41, 5.74) is 0.580. The molecule has 1 atom stereocenters. The number of nitriles is 2. The van der Waals surface area contributed by atoms with Crippen molar-refractivity contribution >= 4 is 11.0 Å². The highest BCUT2D eigenvalue weighted by molar-refractivity contribution is 7.82. The summed E-state index contributed by atoms with van der Waals surface area (Å²) in [5.74, 6) is -0.410. The molecule has 3 rings (SSSR count). The highest BCUT2D eigenvalue weighted by Crippen LogP contribution is 2.34. The highest BCUT2D eigenvalue weighted by atomic mass is 32.2. The molecule has 1 unspecified atom stereocenters. The van der Waals surface area contributed by atoms with Gasteiger partial charge in [0, 0.05) is 19.2 Å². The topological polar surface area (TPSA) is 97.3 Å². The Morgan fingerprint density at radius 1 is 1.21 bits per heavy atom. The summed E-state index contributed by atoms with van der Waals surface area (Å²) in [6.07, 6.45) is 0. The Bertz CT molecular complexity index is 1010. The van der Waals surface area contributed by atoms with Crippen LogP contribution in [-0.2, 0) is 11.0 Å². The number of ether oxygens (including phenoxy) is 1. The van der Waals surface area contributed by atoms with Crippen LogP contribution in [-0.4, -0.2) is 39.9 Å². The molecule has 2 aromatic rings. The van der Waals surface area contributed by atoms with E-state index in [9.17, 15) is 19.0 Å². The van der Waals surface area contributed by atoms with E-state index in [4.69, 9.17) is 10.00 Å². The van der Waals surface area contributed by atoms with Gasteiger partial charge in [0.25, 0.3) is 0 Å². The largest absolute Gasteiger partial charge is 0.493 e. The Morgan fingerprint density at radius 2 is 1.93 bits per heavy atom. The number of benzene rings is 2. The molecule has 0 bridgehead atoms. The normalized spacial score (nSPS) is 16.5. The molecule has 1 heterocycles. The summed E-state index contributed by atoms with van der Waals surface area (Å²) in [5, 5.41) is 27.8. The first-order valence-electron chi connectivity index (χ1n) is 8.52. The first kappa shape index (κ1) is 20.0. The predicted octanol–water partition coefficient (Wildman–Crippen LogP) is 2.27. The van der Waals surface area contributed by atoms with Crippen LogP contribution in [0.3, 0.4) is 0 Å². The van der Waals surface area contributed by atoms with Crippen LogP contribution in [0, 0.1) is 40.8 Å². The van der Waals surface area contributed by atoms with Crippen molar-refractivity contribution < 1.29 is 18.4 Å². The quantitative estimate of drug-likeness (QED) is 0.804. The number of aryl methyl sites for hydroxylation is 1. The summed E-state index contributed by atoms with van der Waals surface area (Å²) in [6, 6.07) is 12.9. The number of hydrogen-bond donors (Lipinski definition) is 1. The number of rotatable bonds is 6. The molecule has 0 amide bonds. The van der Waals surface area contributed by atoms with E-state index in [-0.39, 0.29) is 24.5 Å². The lowest BCUT2D eigenvalue weighted by molar-refractivity contribution is -0.0250. The predicted molar refractivity (Wildman–Crippen MR) is 100 cm³/mol. The minimum absolute atomic E-state index is 0.0687. The molecule has 8 heteroatoms. The lowest BCUT2D eigenvalue weighted by Crippen LogP contribution is -2.61. The molecule has 1 aliphatic rings. The third kappa shape index (κ3) is 3.90. The van der Waals surface area contributed by atoms with E-state index in [1.165, 1.54) is 12.1 Å². The fourth-order valence-corrected chi connectivity index (χ4v) is 4.53. The molecule has 1 aliphatic heterocycles. The maximum absolute atomic E-state index is 13.7. The molecule has 0 aliphatic carbocycles. The van der Waals surface area contributed by atoms with E-state index in [0.717, 1.165) is 11.6 Å². The van der Waals surface area contributed by atoms with E-state index in [2.05, 4.69) is 6.07 Å². The summed E-state index contributed by atoms with van der Waals surface area (Å²) in [7, 11) is -1.52. The molecule has 1 fully saturated rings. The third-order valence-electron chi connectivity index (χ3n) is 4.64. The van der Waals surface area contributed by atoms with Gasteiger partial charge in [-0.15, -0.1) is 0 Å². The van der Waals surface area contributed by atoms with Gasteiger partial charge in [0.15, 0.2) is 0 Å². The molecular formula is C20H18FN3O3S. The standard InChI is InChI=1S/C20H18FN3O3S/c1-14-2-5-19(16(6-14)9-23)28(26)24-10-20(11-24,12-25)13-27-17-4-3-15(8-22)18(21)7-17/h2-7,25H,10-13H2,1H3. The number of aliphatic hydroxyl groups excluding tert-OH is 1. The van der Waals surface area contributed by atoms with Crippen LogP contribution in [0.2, 0.25) is 0 Å². The van der Waals surface area contributed by atoms with Crippen LogP contribution in [0.1, 0.15) is 16.7 Å². The second-order valence-corrected chi connectivity index (χ2v) is 8.31. The lowest BCUT2D eigenvalue weighted by atomic mass is 9.83. The summed E-state index contributed by atoms with van der Waals surface area (Å²) < 4.78 is 33.7. The van der Waals surface area contributed by atoms with Gasteiger partial charge in [0.1, 0.15) is 34.7 Å². The smallest absolute Gasteiger partial charge is 0.144 e. The van der Waals surface area contributed by atoms with Crippen molar-refractivity contribution in [2.24, 2.45) is 5.41 Å². The molecule has 6 nitrogen and oxygen atoms in total. The number of aliphatic hydroxyl groups is 1. The van der Waals surface area contributed by atoms with Gasteiger partial charge in [-0.1, -0.05) is 6.07 Å². The van der Waals surface area contributed by atoms with E-state index < -0.39 is 22.2 Å². The van der Waals surface area contributed by atoms with Crippen LogP contribution < -0.4 is 4.74 Å². The minimum atomic E-state index is -1.52. The van der Waals surface area contributed by atoms with Crippen LogP contribution in [0.25, 0.3) is 0 Å². The van der Waals surface area contributed by atoms with Gasteiger partial charge < -0.3 is 9.84 Å². The molecule has 2 aromatic carbocycles. The minimum Gasteiger partial charge on any atom is -0.493 e. The van der Waals surface area contributed by atoms with Gasteiger partial charge in [0.05, 0.1) is 34.7 Å². The summed E-state index contributed by atoms with van der Waals surface area (Å²) in [6.45, 7) is 2.42. The van der Waals surface area contributed by atoms with Gasteiger partial charge >= 0.3 is 0 Å². The van der Waals surface area contributed by atoms with Gasteiger partial charge in [-0.25, -0.2) is 12.9 Å². The molecule has 0 aromatic heterocycles. The van der Waals surface area contributed by atoms with Crippen molar-refractivity contribution in [2.75, 3.05) is 26.3 Å². The van der Waals surface area contributed by atoms with Crippen LogP contribution in [0.5, 0.6) is 5.75 Å². The van der Waals surface area contributed by atoms with Crippen LogP contribution in [0.15, 0.2) is 41.3 Å². The van der Waals surface area contributed by atoms with Crippen molar-refractivity contribution in [3.8, 4) is 17.9 Å². The van der Waals surface area contributed by atoms with Crippen molar-refractivity contribution in [3.63, 3.8) is 0 Å². The van der Waals surface area contributed by atoms with Crippen LogP contribution >= 0.6 is 0 Å². The van der Waals surface area contributed by atoms with Crippen molar-refractivity contribution in [2.45, 2.75) is 11.8 Å². The van der Waals surface area contributed by atoms with Gasteiger partial charge in [-0.2, -0.15) is 10.5 Å². The second-order valence-electron chi connectivity index (χ2n) is 6.86. The SMILES string of the molecule is Cc1ccc(S(=O)N2CC(CO)(COc3ccc(C#N)c(F)c3)C2)c(C#N)c1. The van der Waals surface area contributed by atoms with E-state index in [1.807, 2.05) is 6.92 Å². The van der Waals surface area contributed by atoms with Gasteiger partial charge in [0.2, 0.25) is 0 Å². The molecule has 0 saturated carbocycles. The monoisotopic (exact) mass is 399 g/mol.